The normalized spacial score (nSPS) is 16.8. The molecule has 1 heterocycles. The van der Waals surface area contributed by atoms with Crippen molar-refractivity contribution in [3.8, 4) is 11.5 Å². The molecule has 1 unspecified atom stereocenters. The zero-order chi connectivity index (χ0) is 17.6. The van der Waals surface area contributed by atoms with Gasteiger partial charge < -0.3 is 9.32 Å². The summed E-state index contributed by atoms with van der Waals surface area (Å²) in [7, 11) is 0. The van der Waals surface area contributed by atoms with E-state index in [4.69, 9.17) is 16.0 Å². The Morgan fingerprint density at radius 3 is 2.88 bits per heavy atom. The van der Waals surface area contributed by atoms with Crippen LogP contribution in [0, 0.1) is 5.92 Å². The third-order valence-corrected chi connectivity index (χ3v) is 4.65. The van der Waals surface area contributed by atoms with Crippen molar-refractivity contribution in [2.24, 2.45) is 5.92 Å². The fourth-order valence-corrected chi connectivity index (χ4v) is 3.25. The lowest BCUT2D eigenvalue weighted by Crippen LogP contribution is -2.36. The molecule has 0 spiro atoms. The first kappa shape index (κ1) is 17.7. The standard InChI is InChI=1S/C19H22ClN3O2/c1-2-12-23(19(24)14-8-4-3-5-9-14)13-17-21-22-18(25-17)15-10-6-7-11-16(15)20/h3-4,6-7,10-11,14H,2,5,8-9,12-13H2,1H3. The summed E-state index contributed by atoms with van der Waals surface area (Å²) in [4.78, 5) is 14.6. The number of amides is 1. The van der Waals surface area contributed by atoms with Gasteiger partial charge in [-0.15, -0.1) is 10.2 Å². The zero-order valence-corrected chi connectivity index (χ0v) is 15.1. The summed E-state index contributed by atoms with van der Waals surface area (Å²) in [6.07, 6.45) is 7.81. The maximum atomic E-state index is 12.8. The van der Waals surface area contributed by atoms with Gasteiger partial charge in [-0.25, -0.2) is 0 Å². The van der Waals surface area contributed by atoms with Gasteiger partial charge in [0, 0.05) is 12.5 Å². The molecule has 1 amide bonds. The Morgan fingerprint density at radius 2 is 2.16 bits per heavy atom. The van der Waals surface area contributed by atoms with Gasteiger partial charge in [0.05, 0.1) is 17.1 Å². The molecule has 1 aromatic heterocycles. The van der Waals surface area contributed by atoms with Crippen molar-refractivity contribution in [2.45, 2.75) is 39.2 Å². The van der Waals surface area contributed by atoms with Gasteiger partial charge in [-0.2, -0.15) is 0 Å². The van der Waals surface area contributed by atoms with Gasteiger partial charge in [0.25, 0.3) is 0 Å². The first-order valence-corrected chi connectivity index (χ1v) is 9.08. The van der Waals surface area contributed by atoms with Crippen LogP contribution in [0.15, 0.2) is 40.8 Å². The molecule has 132 valence electrons. The third kappa shape index (κ3) is 4.28. The van der Waals surface area contributed by atoms with Crippen LogP contribution in [0.5, 0.6) is 0 Å². The molecule has 0 fully saturated rings. The van der Waals surface area contributed by atoms with Gasteiger partial charge in [0.15, 0.2) is 0 Å². The number of nitrogens with zero attached hydrogens (tertiary/aromatic N) is 3. The fourth-order valence-electron chi connectivity index (χ4n) is 3.04. The van der Waals surface area contributed by atoms with Crippen molar-refractivity contribution in [1.82, 2.24) is 15.1 Å². The number of carbonyl (C=O) groups excluding carboxylic acids is 1. The largest absolute Gasteiger partial charge is 0.419 e. The predicted molar refractivity (Wildman–Crippen MR) is 96.9 cm³/mol. The summed E-state index contributed by atoms with van der Waals surface area (Å²) in [5.74, 6) is 1.04. The number of carbonyl (C=O) groups is 1. The molecule has 1 aromatic carbocycles. The molecule has 1 aliphatic carbocycles. The number of benzene rings is 1. The molecule has 5 nitrogen and oxygen atoms in total. The van der Waals surface area contributed by atoms with E-state index in [1.165, 1.54) is 0 Å². The lowest BCUT2D eigenvalue weighted by atomic mass is 9.93. The molecule has 1 atom stereocenters. The summed E-state index contributed by atoms with van der Waals surface area (Å²) >= 11 is 6.18. The minimum Gasteiger partial charge on any atom is -0.419 e. The van der Waals surface area contributed by atoms with E-state index in [1.807, 2.05) is 23.1 Å². The van der Waals surface area contributed by atoms with Crippen molar-refractivity contribution in [3.05, 3.63) is 47.3 Å². The Kier molecular flexibility index (Phi) is 5.87. The minimum atomic E-state index is 0.0579. The Bertz CT molecular complexity index is 757. The fraction of sp³-hybridized carbons (Fsp3) is 0.421. The molecular formula is C19H22ClN3O2. The zero-order valence-electron chi connectivity index (χ0n) is 14.3. The predicted octanol–water partition coefficient (Wildman–Crippen LogP) is 4.48. The summed E-state index contributed by atoms with van der Waals surface area (Å²) in [5.41, 5.74) is 0.703. The van der Waals surface area contributed by atoms with Crippen molar-refractivity contribution < 1.29 is 9.21 Å². The number of allylic oxidation sites excluding steroid dienone is 2. The lowest BCUT2D eigenvalue weighted by molar-refractivity contribution is -0.136. The van der Waals surface area contributed by atoms with E-state index < -0.39 is 0 Å². The van der Waals surface area contributed by atoms with Gasteiger partial charge in [0.2, 0.25) is 17.7 Å². The molecular weight excluding hydrogens is 338 g/mol. The molecule has 0 radical (unpaired) electrons. The van der Waals surface area contributed by atoms with Gasteiger partial charge in [-0.05, 0) is 37.8 Å². The second-order valence-electron chi connectivity index (χ2n) is 6.22. The van der Waals surface area contributed by atoms with Crippen molar-refractivity contribution in [3.63, 3.8) is 0 Å². The Morgan fingerprint density at radius 1 is 1.32 bits per heavy atom. The van der Waals surface area contributed by atoms with Gasteiger partial charge in [0.1, 0.15) is 0 Å². The highest BCUT2D eigenvalue weighted by molar-refractivity contribution is 6.33. The minimum absolute atomic E-state index is 0.0579. The smallest absolute Gasteiger partial charge is 0.249 e. The van der Waals surface area contributed by atoms with Gasteiger partial charge in [-0.3, -0.25) is 4.79 Å². The molecule has 25 heavy (non-hydrogen) atoms. The summed E-state index contributed by atoms with van der Waals surface area (Å²) < 4.78 is 5.75. The van der Waals surface area contributed by atoms with Crippen LogP contribution in [0.1, 0.15) is 38.5 Å². The molecule has 0 saturated heterocycles. The third-order valence-electron chi connectivity index (χ3n) is 4.32. The monoisotopic (exact) mass is 359 g/mol. The number of halogens is 1. The van der Waals surface area contributed by atoms with E-state index in [0.29, 0.717) is 35.5 Å². The number of rotatable bonds is 6. The highest BCUT2D eigenvalue weighted by atomic mass is 35.5. The van der Waals surface area contributed by atoms with Crippen LogP contribution in [-0.4, -0.2) is 27.5 Å². The second-order valence-corrected chi connectivity index (χ2v) is 6.63. The van der Waals surface area contributed by atoms with E-state index >= 15 is 0 Å². The molecule has 6 heteroatoms. The lowest BCUT2D eigenvalue weighted by Gasteiger charge is -2.26. The SMILES string of the molecule is CCCN(Cc1nnc(-c2ccccc2Cl)o1)C(=O)C1CC=CCC1. The average molecular weight is 360 g/mol. The number of aromatic nitrogens is 2. The van der Waals surface area contributed by atoms with Crippen LogP contribution < -0.4 is 0 Å². The molecule has 0 saturated carbocycles. The first-order valence-electron chi connectivity index (χ1n) is 8.70. The van der Waals surface area contributed by atoms with Crippen LogP contribution >= 0.6 is 11.6 Å². The van der Waals surface area contributed by atoms with Crippen molar-refractivity contribution >= 4 is 17.5 Å². The van der Waals surface area contributed by atoms with Crippen LogP contribution in [0.3, 0.4) is 0 Å². The molecule has 1 aliphatic rings. The van der Waals surface area contributed by atoms with Crippen molar-refractivity contribution in [1.29, 1.82) is 0 Å². The van der Waals surface area contributed by atoms with Crippen LogP contribution in [0.25, 0.3) is 11.5 Å². The van der Waals surface area contributed by atoms with Gasteiger partial charge in [-0.1, -0.05) is 42.8 Å². The van der Waals surface area contributed by atoms with E-state index in [1.54, 1.807) is 6.07 Å². The molecule has 0 N–H and O–H groups in total. The number of hydrogen-bond acceptors (Lipinski definition) is 4. The van der Waals surface area contributed by atoms with E-state index in [9.17, 15) is 4.79 Å². The summed E-state index contributed by atoms with van der Waals surface area (Å²) in [6, 6.07) is 7.34. The van der Waals surface area contributed by atoms with Crippen LogP contribution in [0.4, 0.5) is 0 Å². The highest BCUT2D eigenvalue weighted by Crippen LogP contribution is 2.27. The average Bonchev–Trinajstić information content (AvgIpc) is 3.10. The molecule has 2 aromatic rings. The topological polar surface area (TPSA) is 59.2 Å². The Labute approximate surface area is 152 Å². The Balaban J connectivity index is 1.73. The van der Waals surface area contributed by atoms with E-state index in [2.05, 4.69) is 29.3 Å². The number of hydrogen-bond donors (Lipinski definition) is 0. The van der Waals surface area contributed by atoms with Gasteiger partial charge >= 0.3 is 0 Å². The maximum Gasteiger partial charge on any atom is 0.249 e. The quantitative estimate of drug-likeness (QED) is 0.713. The van der Waals surface area contributed by atoms with E-state index in [-0.39, 0.29) is 11.8 Å². The van der Waals surface area contributed by atoms with Crippen LogP contribution in [0.2, 0.25) is 5.02 Å². The second kappa shape index (κ2) is 8.30. The first-order chi connectivity index (χ1) is 12.2. The molecule has 0 aliphatic heterocycles. The highest BCUT2D eigenvalue weighted by Gasteiger charge is 2.25. The van der Waals surface area contributed by atoms with E-state index in [0.717, 1.165) is 25.7 Å². The molecule has 3 rings (SSSR count). The Hall–Kier alpha value is -2.14. The van der Waals surface area contributed by atoms with Crippen molar-refractivity contribution in [2.75, 3.05) is 6.54 Å². The molecule has 0 bridgehead atoms. The summed E-state index contributed by atoms with van der Waals surface area (Å²) in [6.45, 7) is 3.08. The van der Waals surface area contributed by atoms with Crippen LogP contribution in [-0.2, 0) is 11.3 Å². The maximum absolute atomic E-state index is 12.8. The summed E-state index contributed by atoms with van der Waals surface area (Å²) in [5, 5.41) is 8.75.